The first-order chi connectivity index (χ1) is 10.2. The molecule has 0 atom stereocenters. The smallest absolute Gasteiger partial charge is 0.339 e. The number of nitrogens with zero attached hydrogens (tertiary/aromatic N) is 1. The molecular weight excluding hydrogens is 270 g/mol. The Kier molecular flexibility index (Phi) is 5.36. The number of aromatic carboxylic acids is 1. The van der Waals surface area contributed by atoms with Crippen LogP contribution >= 0.6 is 0 Å². The van der Waals surface area contributed by atoms with Crippen LogP contribution in [0.15, 0.2) is 28.7 Å². The average molecular weight is 291 g/mol. The maximum Gasteiger partial charge on any atom is 0.339 e. The first-order valence-corrected chi connectivity index (χ1v) is 7.21. The highest BCUT2D eigenvalue weighted by Gasteiger charge is 2.21. The zero-order valence-electron chi connectivity index (χ0n) is 12.5. The zero-order valence-corrected chi connectivity index (χ0v) is 12.5. The van der Waals surface area contributed by atoms with Crippen molar-refractivity contribution in [3.63, 3.8) is 0 Å². The summed E-state index contributed by atoms with van der Waals surface area (Å²) >= 11 is 0. The predicted molar refractivity (Wildman–Crippen MR) is 80.6 cm³/mol. The van der Waals surface area contributed by atoms with E-state index < -0.39 is 5.97 Å². The Balaban J connectivity index is 2.24. The van der Waals surface area contributed by atoms with Gasteiger partial charge in [0, 0.05) is 18.5 Å². The Morgan fingerprint density at radius 1 is 1.33 bits per heavy atom. The fourth-order valence-corrected chi connectivity index (χ4v) is 2.33. The summed E-state index contributed by atoms with van der Waals surface area (Å²) in [5.41, 5.74) is 0.881. The zero-order chi connectivity index (χ0) is 15.2. The van der Waals surface area contributed by atoms with Gasteiger partial charge in [-0.3, -0.25) is 4.90 Å². The second-order valence-electron chi connectivity index (χ2n) is 4.77. The average Bonchev–Trinajstić information content (AvgIpc) is 2.84. The highest BCUT2D eigenvalue weighted by molar-refractivity contribution is 6.03. The van der Waals surface area contributed by atoms with E-state index in [4.69, 9.17) is 9.15 Å². The SMILES string of the molecule is CCOCCN(CC)Cc1oc2ccccc2c1C(=O)O. The highest BCUT2D eigenvalue weighted by atomic mass is 16.5. The van der Waals surface area contributed by atoms with Crippen LogP contribution in [0.3, 0.4) is 0 Å². The molecule has 1 N–H and O–H groups in total. The van der Waals surface area contributed by atoms with E-state index in [0.29, 0.717) is 36.5 Å². The number of carboxylic acid groups (broad SMARTS) is 1. The topological polar surface area (TPSA) is 62.9 Å². The van der Waals surface area contributed by atoms with E-state index in [1.54, 1.807) is 12.1 Å². The lowest BCUT2D eigenvalue weighted by atomic mass is 10.1. The second kappa shape index (κ2) is 7.24. The van der Waals surface area contributed by atoms with Gasteiger partial charge in [-0.1, -0.05) is 25.1 Å². The number of fused-ring (bicyclic) bond motifs is 1. The number of ether oxygens (including phenoxy) is 1. The summed E-state index contributed by atoms with van der Waals surface area (Å²) in [6.45, 7) is 7.34. The first-order valence-electron chi connectivity index (χ1n) is 7.21. The minimum Gasteiger partial charge on any atom is -0.478 e. The minimum atomic E-state index is -0.948. The molecule has 0 fully saturated rings. The number of hydrogen-bond donors (Lipinski definition) is 1. The second-order valence-corrected chi connectivity index (χ2v) is 4.77. The van der Waals surface area contributed by atoms with Crippen LogP contribution in [0.2, 0.25) is 0 Å². The number of carbonyl (C=O) groups is 1. The summed E-state index contributed by atoms with van der Waals surface area (Å²) in [7, 11) is 0. The number of rotatable bonds is 8. The Morgan fingerprint density at radius 2 is 2.10 bits per heavy atom. The van der Waals surface area contributed by atoms with E-state index in [2.05, 4.69) is 4.90 Å². The van der Waals surface area contributed by atoms with Gasteiger partial charge in [-0.15, -0.1) is 0 Å². The number of carboxylic acids is 1. The van der Waals surface area contributed by atoms with Crippen molar-refractivity contribution in [1.82, 2.24) is 4.90 Å². The van der Waals surface area contributed by atoms with E-state index in [1.807, 2.05) is 26.0 Å². The lowest BCUT2D eigenvalue weighted by Crippen LogP contribution is -2.27. The Hall–Kier alpha value is -1.85. The van der Waals surface area contributed by atoms with Gasteiger partial charge < -0.3 is 14.3 Å². The van der Waals surface area contributed by atoms with Crippen molar-refractivity contribution in [2.45, 2.75) is 20.4 Å². The van der Waals surface area contributed by atoms with Gasteiger partial charge in [0.25, 0.3) is 0 Å². The Bertz CT molecular complexity index is 605. The van der Waals surface area contributed by atoms with Crippen LogP contribution in [0.1, 0.15) is 30.0 Å². The van der Waals surface area contributed by atoms with Gasteiger partial charge in [0.2, 0.25) is 0 Å². The third-order valence-corrected chi connectivity index (χ3v) is 3.45. The lowest BCUT2D eigenvalue weighted by Gasteiger charge is -2.19. The third-order valence-electron chi connectivity index (χ3n) is 3.45. The molecular formula is C16H21NO4. The maximum absolute atomic E-state index is 11.5. The standard InChI is InChI=1S/C16H21NO4/c1-3-17(9-10-20-4-2)11-14-15(16(18)19)12-7-5-6-8-13(12)21-14/h5-8H,3-4,9-11H2,1-2H3,(H,18,19). The summed E-state index contributed by atoms with van der Waals surface area (Å²) in [6, 6.07) is 7.23. The van der Waals surface area contributed by atoms with Crippen molar-refractivity contribution >= 4 is 16.9 Å². The quantitative estimate of drug-likeness (QED) is 0.757. The van der Waals surface area contributed by atoms with Crippen LogP contribution in [0.4, 0.5) is 0 Å². The van der Waals surface area contributed by atoms with Crippen LogP contribution in [-0.4, -0.2) is 42.3 Å². The van der Waals surface area contributed by atoms with Gasteiger partial charge in [0.15, 0.2) is 0 Å². The van der Waals surface area contributed by atoms with Crippen LogP contribution in [0.5, 0.6) is 0 Å². The molecule has 5 heteroatoms. The molecule has 1 heterocycles. The first kappa shape index (κ1) is 15.5. The summed E-state index contributed by atoms with van der Waals surface area (Å²) in [4.78, 5) is 13.6. The van der Waals surface area contributed by atoms with Gasteiger partial charge in [-0.25, -0.2) is 4.79 Å². The molecule has 0 aliphatic carbocycles. The molecule has 0 radical (unpaired) electrons. The van der Waals surface area contributed by atoms with E-state index in [0.717, 1.165) is 13.1 Å². The van der Waals surface area contributed by atoms with E-state index in [-0.39, 0.29) is 5.56 Å². The summed E-state index contributed by atoms with van der Waals surface area (Å²) in [6.07, 6.45) is 0. The molecule has 0 saturated heterocycles. The summed E-state index contributed by atoms with van der Waals surface area (Å²) in [5.74, 6) is -0.446. The number of furan rings is 1. The van der Waals surface area contributed by atoms with Crippen molar-refractivity contribution in [2.75, 3.05) is 26.3 Å². The molecule has 0 bridgehead atoms. The normalized spacial score (nSPS) is 11.4. The molecule has 0 saturated carbocycles. The number of hydrogen-bond acceptors (Lipinski definition) is 4. The van der Waals surface area contributed by atoms with Crippen molar-refractivity contribution in [1.29, 1.82) is 0 Å². The van der Waals surface area contributed by atoms with Crippen LogP contribution in [0, 0.1) is 0 Å². The van der Waals surface area contributed by atoms with E-state index in [1.165, 1.54) is 0 Å². The van der Waals surface area contributed by atoms with Crippen LogP contribution < -0.4 is 0 Å². The molecule has 0 unspecified atom stereocenters. The summed E-state index contributed by atoms with van der Waals surface area (Å²) < 4.78 is 11.1. The molecule has 5 nitrogen and oxygen atoms in total. The molecule has 0 aliphatic heterocycles. The number of likely N-dealkylation sites (N-methyl/N-ethyl adjacent to an activating group) is 1. The monoisotopic (exact) mass is 291 g/mol. The van der Waals surface area contributed by atoms with Gasteiger partial charge in [-0.05, 0) is 19.5 Å². The van der Waals surface area contributed by atoms with Gasteiger partial charge in [0.1, 0.15) is 16.9 Å². The molecule has 2 rings (SSSR count). The molecule has 0 spiro atoms. The molecule has 1 aromatic carbocycles. The van der Waals surface area contributed by atoms with E-state index in [9.17, 15) is 9.90 Å². The molecule has 114 valence electrons. The molecule has 0 aliphatic rings. The number of benzene rings is 1. The van der Waals surface area contributed by atoms with E-state index >= 15 is 0 Å². The molecule has 0 amide bonds. The van der Waals surface area contributed by atoms with Crippen molar-refractivity contribution < 1.29 is 19.1 Å². The third kappa shape index (κ3) is 3.62. The minimum absolute atomic E-state index is 0.264. The van der Waals surface area contributed by atoms with Crippen LogP contribution in [0.25, 0.3) is 11.0 Å². The predicted octanol–water partition coefficient (Wildman–Crippen LogP) is 2.99. The van der Waals surface area contributed by atoms with Crippen LogP contribution in [-0.2, 0) is 11.3 Å². The largest absolute Gasteiger partial charge is 0.478 e. The van der Waals surface area contributed by atoms with Crippen molar-refractivity contribution in [2.24, 2.45) is 0 Å². The molecule has 21 heavy (non-hydrogen) atoms. The fraction of sp³-hybridized carbons (Fsp3) is 0.438. The summed E-state index contributed by atoms with van der Waals surface area (Å²) in [5, 5.41) is 10.1. The Morgan fingerprint density at radius 3 is 2.76 bits per heavy atom. The van der Waals surface area contributed by atoms with Gasteiger partial charge in [-0.2, -0.15) is 0 Å². The lowest BCUT2D eigenvalue weighted by molar-refractivity contribution is 0.0693. The number of para-hydroxylation sites is 1. The van der Waals surface area contributed by atoms with Crippen molar-refractivity contribution in [3.05, 3.63) is 35.6 Å². The molecule has 2 aromatic rings. The highest BCUT2D eigenvalue weighted by Crippen LogP contribution is 2.26. The van der Waals surface area contributed by atoms with Gasteiger partial charge >= 0.3 is 5.97 Å². The maximum atomic E-state index is 11.5. The van der Waals surface area contributed by atoms with Gasteiger partial charge in [0.05, 0.1) is 13.2 Å². The fourth-order valence-electron chi connectivity index (χ4n) is 2.33. The van der Waals surface area contributed by atoms with Crippen molar-refractivity contribution in [3.8, 4) is 0 Å². The Labute approximate surface area is 124 Å². The molecule has 1 aromatic heterocycles.